The number of fused-ring (bicyclic) bond motifs is 2. The van der Waals surface area contributed by atoms with Crippen LogP contribution < -0.4 is 63.9 Å². The van der Waals surface area contributed by atoms with Crippen molar-refractivity contribution in [1.29, 1.82) is 0 Å². The zero-order chi connectivity index (χ0) is 24.9. The Hall–Kier alpha value is -1.10. The summed E-state index contributed by atoms with van der Waals surface area (Å²) >= 11 is 1.50. The number of carbonyl (C=O) groups is 2. The molecule has 4 rings (SSSR count). The Balaban J connectivity index is 0.00000361. The van der Waals surface area contributed by atoms with Gasteiger partial charge < -0.3 is 22.9 Å². The minimum absolute atomic E-state index is 0. The minimum atomic E-state index is -1.10. The number of aliphatic hydroxyl groups is 1. The van der Waals surface area contributed by atoms with Gasteiger partial charge >= 0.3 is 71.1 Å². The Morgan fingerprint density at radius 3 is 2.46 bits per heavy atom. The van der Waals surface area contributed by atoms with Gasteiger partial charge in [-0.05, 0) is 73.4 Å². The van der Waals surface area contributed by atoms with Crippen LogP contribution in [0.15, 0.2) is 47.4 Å². The van der Waals surface area contributed by atoms with Gasteiger partial charge in [-0.3, -0.25) is 4.79 Å². The SMILES string of the molecule is COc1nc2cc(SC(c3ccc4c(c3)CCCC4)C(O)CCCC(=O)O)ccc2cc1C(=O)O.[H-].[H-].[Na+].[Na+]. The number of carboxylic acid groups (broad SMARTS) is 2. The van der Waals surface area contributed by atoms with Crippen LogP contribution in [0.1, 0.15) is 67.3 Å². The maximum Gasteiger partial charge on any atom is 1.00 e. The van der Waals surface area contributed by atoms with Crippen LogP contribution >= 0.6 is 11.8 Å². The normalized spacial score (nSPS) is 14.0. The molecule has 37 heavy (non-hydrogen) atoms. The number of pyridine rings is 1. The van der Waals surface area contributed by atoms with E-state index >= 15 is 0 Å². The molecule has 0 saturated heterocycles. The number of rotatable bonds is 10. The number of aromatic carboxylic acids is 1. The summed E-state index contributed by atoms with van der Waals surface area (Å²) in [5.41, 5.74) is 4.30. The zero-order valence-corrected chi connectivity index (χ0v) is 26.4. The van der Waals surface area contributed by atoms with Crippen LogP contribution in [0.25, 0.3) is 10.9 Å². The van der Waals surface area contributed by atoms with E-state index < -0.39 is 18.0 Å². The summed E-state index contributed by atoms with van der Waals surface area (Å²) in [6, 6.07) is 13.5. The number of methoxy groups -OCH3 is 1. The molecule has 0 fully saturated rings. The number of benzene rings is 2. The van der Waals surface area contributed by atoms with Gasteiger partial charge in [0, 0.05) is 16.7 Å². The third-order valence-corrected chi connectivity index (χ3v) is 7.75. The second kappa shape index (κ2) is 14.9. The molecule has 1 aliphatic rings. The summed E-state index contributed by atoms with van der Waals surface area (Å²) in [6.07, 6.45) is 4.52. The van der Waals surface area contributed by atoms with Crippen LogP contribution in [0.4, 0.5) is 0 Å². The summed E-state index contributed by atoms with van der Waals surface area (Å²) in [7, 11) is 1.39. The van der Waals surface area contributed by atoms with Crippen molar-refractivity contribution in [2.24, 2.45) is 0 Å². The van der Waals surface area contributed by atoms with Gasteiger partial charge in [-0.1, -0.05) is 24.3 Å². The van der Waals surface area contributed by atoms with Crippen LogP contribution in [0, 0.1) is 0 Å². The summed E-state index contributed by atoms with van der Waals surface area (Å²) < 4.78 is 5.17. The molecule has 1 heterocycles. The van der Waals surface area contributed by atoms with E-state index in [1.165, 1.54) is 36.4 Å². The van der Waals surface area contributed by atoms with Gasteiger partial charge in [-0.25, -0.2) is 9.78 Å². The zero-order valence-electron chi connectivity index (χ0n) is 23.6. The Morgan fingerprint density at radius 2 is 1.78 bits per heavy atom. The average Bonchev–Trinajstić information content (AvgIpc) is 2.85. The van der Waals surface area contributed by atoms with E-state index in [2.05, 4.69) is 23.2 Å². The molecule has 2 aromatic carbocycles. The first-order chi connectivity index (χ1) is 16.9. The number of carboxylic acids is 2. The quantitative estimate of drug-likeness (QED) is 0.232. The van der Waals surface area contributed by atoms with Crippen molar-refractivity contribution in [3.8, 4) is 5.88 Å². The first-order valence-corrected chi connectivity index (χ1v) is 12.6. The van der Waals surface area contributed by atoms with Crippen molar-refractivity contribution < 1.29 is 91.6 Å². The van der Waals surface area contributed by atoms with Crippen LogP contribution in [0.3, 0.4) is 0 Å². The van der Waals surface area contributed by atoms with Gasteiger partial charge in [0.2, 0.25) is 5.88 Å². The molecule has 0 aliphatic heterocycles. The fourth-order valence-electron chi connectivity index (χ4n) is 4.57. The van der Waals surface area contributed by atoms with Gasteiger partial charge in [0.15, 0.2) is 0 Å². The topological polar surface area (TPSA) is 117 Å². The molecular weight excluding hydrogens is 512 g/mol. The molecule has 1 aromatic heterocycles. The van der Waals surface area contributed by atoms with Crippen LogP contribution in [-0.4, -0.2) is 45.5 Å². The van der Waals surface area contributed by atoms with Crippen LogP contribution in [-0.2, 0) is 17.6 Å². The predicted octanol–water partition coefficient (Wildman–Crippen LogP) is -0.497. The standard InChI is InChI=1S/C27H29NO6S.2Na.2H/c1-34-26-21(27(32)33)14-18-11-12-20(15-22(18)28-26)35-25(23(29)7-4-8-24(30)31)19-10-9-16-5-2-3-6-17(16)13-19;;;;/h9-15,23,25,29H,2-8H2,1H3,(H,30,31)(H,32,33);;;;/q;2*+1;2*-1. The van der Waals surface area contributed by atoms with Crippen LogP contribution in [0.2, 0.25) is 0 Å². The number of hydrogen-bond acceptors (Lipinski definition) is 6. The second-order valence-electron chi connectivity index (χ2n) is 8.83. The smallest absolute Gasteiger partial charge is 1.00 e. The molecule has 0 saturated carbocycles. The van der Waals surface area contributed by atoms with Crippen molar-refractivity contribution in [2.45, 2.75) is 61.2 Å². The van der Waals surface area contributed by atoms with Gasteiger partial charge in [0.25, 0.3) is 0 Å². The summed E-state index contributed by atoms with van der Waals surface area (Å²) in [5.74, 6) is -1.93. The van der Waals surface area contributed by atoms with E-state index in [4.69, 9.17) is 9.84 Å². The number of hydrogen-bond donors (Lipinski definition) is 3. The molecule has 0 amide bonds. The largest absolute Gasteiger partial charge is 1.00 e. The van der Waals surface area contributed by atoms with E-state index in [0.29, 0.717) is 23.7 Å². The number of ether oxygens (including phenoxy) is 1. The molecule has 3 N–H and O–H groups in total. The maximum absolute atomic E-state index is 11.5. The minimum Gasteiger partial charge on any atom is -1.00 e. The third-order valence-electron chi connectivity index (χ3n) is 6.38. The van der Waals surface area contributed by atoms with Crippen molar-refractivity contribution in [2.75, 3.05) is 7.11 Å². The Morgan fingerprint density at radius 1 is 1.05 bits per heavy atom. The Bertz CT molecular complexity index is 1270. The van der Waals surface area contributed by atoms with E-state index in [0.717, 1.165) is 29.7 Å². The van der Waals surface area contributed by atoms with E-state index in [-0.39, 0.29) is 85.1 Å². The maximum atomic E-state index is 11.5. The summed E-state index contributed by atoms with van der Waals surface area (Å²) in [4.78, 5) is 27.7. The monoisotopic (exact) mass is 543 g/mol. The predicted molar refractivity (Wildman–Crippen MR) is 137 cm³/mol. The third kappa shape index (κ3) is 8.19. The first-order valence-electron chi connectivity index (χ1n) is 11.8. The molecule has 2 atom stereocenters. The Labute approximate surface area is 268 Å². The number of aromatic nitrogens is 1. The van der Waals surface area contributed by atoms with Gasteiger partial charge in [0.05, 0.1) is 24.0 Å². The molecular formula is C27H31NNa2O6S. The molecule has 0 bridgehead atoms. The molecule has 2 unspecified atom stereocenters. The molecule has 0 radical (unpaired) electrons. The number of aliphatic hydroxyl groups excluding tert-OH is 1. The number of thioether (sulfide) groups is 1. The van der Waals surface area contributed by atoms with Gasteiger partial charge in [0.1, 0.15) is 5.56 Å². The van der Waals surface area contributed by atoms with Crippen molar-refractivity contribution in [3.05, 3.63) is 64.7 Å². The fraction of sp³-hybridized carbons (Fsp3) is 0.370. The molecule has 188 valence electrons. The van der Waals surface area contributed by atoms with Gasteiger partial charge in [-0.2, -0.15) is 0 Å². The first kappa shape index (κ1) is 32.1. The molecule has 1 aliphatic carbocycles. The second-order valence-corrected chi connectivity index (χ2v) is 10.0. The molecule has 7 nitrogen and oxygen atoms in total. The van der Waals surface area contributed by atoms with Crippen molar-refractivity contribution in [1.82, 2.24) is 4.98 Å². The van der Waals surface area contributed by atoms with Crippen LogP contribution in [0.5, 0.6) is 5.88 Å². The molecule has 10 heteroatoms. The number of aryl methyl sites for hydroxylation is 2. The van der Waals surface area contributed by atoms with Crippen molar-refractivity contribution >= 4 is 34.6 Å². The number of nitrogens with zero attached hydrogens (tertiary/aromatic N) is 1. The van der Waals surface area contributed by atoms with Gasteiger partial charge in [-0.15, -0.1) is 11.8 Å². The van der Waals surface area contributed by atoms with E-state index in [9.17, 15) is 19.8 Å². The fourth-order valence-corrected chi connectivity index (χ4v) is 5.77. The van der Waals surface area contributed by atoms with E-state index in [1.54, 1.807) is 6.07 Å². The van der Waals surface area contributed by atoms with Crippen molar-refractivity contribution in [3.63, 3.8) is 0 Å². The molecule has 3 aromatic rings. The summed E-state index contributed by atoms with van der Waals surface area (Å²) in [5, 5.41) is 29.9. The molecule has 0 spiro atoms. The number of aliphatic carboxylic acids is 1. The average molecular weight is 544 g/mol. The Kier molecular flexibility index (Phi) is 12.9. The summed E-state index contributed by atoms with van der Waals surface area (Å²) in [6.45, 7) is 0. The van der Waals surface area contributed by atoms with E-state index in [1.807, 2.05) is 18.2 Å².